The quantitative estimate of drug-likeness (QED) is 0.817. The van der Waals surface area contributed by atoms with Gasteiger partial charge in [-0.2, -0.15) is 11.8 Å². The first-order valence-corrected chi connectivity index (χ1v) is 7.75. The van der Waals surface area contributed by atoms with Gasteiger partial charge in [0.15, 0.2) is 0 Å². The van der Waals surface area contributed by atoms with Gasteiger partial charge in [-0.1, -0.05) is 13.0 Å². The van der Waals surface area contributed by atoms with Crippen LogP contribution < -0.4 is 5.73 Å². The SMILES string of the molecule is CCCSCC(N)C1CCCc2cccnc21. The van der Waals surface area contributed by atoms with Gasteiger partial charge in [-0.15, -0.1) is 0 Å². The minimum Gasteiger partial charge on any atom is -0.326 e. The number of nitrogens with zero attached hydrogens (tertiary/aromatic N) is 1. The summed E-state index contributed by atoms with van der Waals surface area (Å²) in [5, 5.41) is 0. The average molecular weight is 250 g/mol. The monoisotopic (exact) mass is 250 g/mol. The molecule has 1 heterocycles. The maximum atomic E-state index is 6.34. The van der Waals surface area contributed by atoms with Crippen LogP contribution in [0.4, 0.5) is 0 Å². The summed E-state index contributed by atoms with van der Waals surface area (Å²) >= 11 is 1.98. The predicted molar refractivity (Wildman–Crippen MR) is 75.5 cm³/mol. The van der Waals surface area contributed by atoms with Crippen molar-refractivity contribution in [3.8, 4) is 0 Å². The molecule has 3 heteroatoms. The van der Waals surface area contributed by atoms with Crippen LogP contribution in [0.1, 0.15) is 43.4 Å². The third-order valence-electron chi connectivity index (χ3n) is 3.41. The number of thioether (sulfide) groups is 1. The molecule has 1 aromatic rings. The van der Waals surface area contributed by atoms with Crippen molar-refractivity contribution >= 4 is 11.8 Å². The molecule has 2 unspecified atom stereocenters. The fraction of sp³-hybridized carbons (Fsp3) is 0.643. The summed E-state index contributed by atoms with van der Waals surface area (Å²) in [5.74, 6) is 2.76. The standard InChI is InChI=1S/C14H22N2S/c1-2-9-17-10-13(15)12-7-3-5-11-6-4-8-16-14(11)12/h4,6,8,12-13H,2-3,5,7,9-10,15H2,1H3. The molecule has 0 spiro atoms. The van der Waals surface area contributed by atoms with Crippen molar-refractivity contribution in [3.63, 3.8) is 0 Å². The summed E-state index contributed by atoms with van der Waals surface area (Å²) in [4.78, 5) is 4.56. The number of nitrogens with two attached hydrogens (primary N) is 1. The van der Waals surface area contributed by atoms with Crippen molar-refractivity contribution in [1.82, 2.24) is 4.98 Å². The van der Waals surface area contributed by atoms with E-state index in [1.54, 1.807) is 0 Å². The Hall–Kier alpha value is -0.540. The Morgan fingerprint density at radius 1 is 1.59 bits per heavy atom. The molecule has 17 heavy (non-hydrogen) atoms. The van der Waals surface area contributed by atoms with Gasteiger partial charge < -0.3 is 5.73 Å². The Labute approximate surface area is 108 Å². The third kappa shape index (κ3) is 3.23. The summed E-state index contributed by atoms with van der Waals surface area (Å²) in [6.45, 7) is 2.22. The molecule has 0 aromatic carbocycles. The first-order valence-electron chi connectivity index (χ1n) is 6.60. The van der Waals surface area contributed by atoms with Gasteiger partial charge in [0, 0.05) is 29.6 Å². The van der Waals surface area contributed by atoms with Crippen LogP contribution in [-0.4, -0.2) is 22.5 Å². The van der Waals surface area contributed by atoms with Crippen LogP contribution in [-0.2, 0) is 6.42 Å². The van der Waals surface area contributed by atoms with Gasteiger partial charge in [-0.05, 0) is 43.1 Å². The van der Waals surface area contributed by atoms with Crippen LogP contribution in [0.5, 0.6) is 0 Å². The zero-order valence-electron chi connectivity index (χ0n) is 10.6. The van der Waals surface area contributed by atoms with Gasteiger partial charge in [0.1, 0.15) is 0 Å². The highest BCUT2D eigenvalue weighted by Crippen LogP contribution is 2.32. The van der Waals surface area contributed by atoms with Crippen LogP contribution >= 0.6 is 11.8 Å². The number of hydrogen-bond acceptors (Lipinski definition) is 3. The number of fused-ring (bicyclic) bond motifs is 1. The van der Waals surface area contributed by atoms with Gasteiger partial charge in [0.25, 0.3) is 0 Å². The van der Waals surface area contributed by atoms with E-state index in [2.05, 4.69) is 18.0 Å². The van der Waals surface area contributed by atoms with E-state index in [4.69, 9.17) is 5.73 Å². The number of pyridine rings is 1. The number of hydrogen-bond donors (Lipinski definition) is 1. The average Bonchev–Trinajstić information content (AvgIpc) is 2.38. The Bertz CT molecular complexity index is 354. The highest BCUT2D eigenvalue weighted by Gasteiger charge is 2.26. The zero-order valence-corrected chi connectivity index (χ0v) is 11.4. The van der Waals surface area contributed by atoms with Gasteiger partial charge in [-0.3, -0.25) is 4.98 Å². The van der Waals surface area contributed by atoms with Crippen LogP contribution in [0.3, 0.4) is 0 Å². The van der Waals surface area contributed by atoms with Crippen molar-refractivity contribution in [2.75, 3.05) is 11.5 Å². The molecule has 2 rings (SSSR count). The van der Waals surface area contributed by atoms with Crippen LogP contribution in [0.15, 0.2) is 18.3 Å². The van der Waals surface area contributed by atoms with E-state index >= 15 is 0 Å². The van der Waals surface area contributed by atoms with E-state index in [9.17, 15) is 0 Å². The van der Waals surface area contributed by atoms with Gasteiger partial charge >= 0.3 is 0 Å². The second kappa shape index (κ2) is 6.41. The third-order valence-corrected chi connectivity index (χ3v) is 4.73. The van der Waals surface area contributed by atoms with Gasteiger partial charge in [0.05, 0.1) is 0 Å². The highest BCUT2D eigenvalue weighted by atomic mass is 32.2. The first-order chi connectivity index (χ1) is 8.33. The van der Waals surface area contributed by atoms with E-state index in [0.717, 1.165) is 5.75 Å². The molecule has 1 aliphatic carbocycles. The molecule has 0 saturated carbocycles. The summed E-state index contributed by atoms with van der Waals surface area (Å²) < 4.78 is 0. The molecule has 0 bridgehead atoms. The highest BCUT2D eigenvalue weighted by molar-refractivity contribution is 7.99. The molecule has 0 saturated heterocycles. The van der Waals surface area contributed by atoms with Gasteiger partial charge in [0.2, 0.25) is 0 Å². The van der Waals surface area contributed by atoms with Crippen molar-refractivity contribution in [1.29, 1.82) is 0 Å². The molecule has 0 aliphatic heterocycles. The largest absolute Gasteiger partial charge is 0.326 e. The first kappa shape index (κ1) is 12.9. The molecule has 2 N–H and O–H groups in total. The summed E-state index contributed by atoms with van der Waals surface area (Å²) in [5.41, 5.74) is 9.03. The minimum absolute atomic E-state index is 0.264. The van der Waals surface area contributed by atoms with Crippen molar-refractivity contribution in [2.24, 2.45) is 5.73 Å². The zero-order chi connectivity index (χ0) is 12.1. The Kier molecular flexibility index (Phi) is 4.86. The lowest BCUT2D eigenvalue weighted by Gasteiger charge is -2.28. The van der Waals surface area contributed by atoms with Gasteiger partial charge in [-0.25, -0.2) is 0 Å². The molecule has 2 nitrogen and oxygen atoms in total. The summed E-state index contributed by atoms with van der Waals surface area (Å²) in [6.07, 6.45) is 6.78. The van der Waals surface area contributed by atoms with Crippen LogP contribution in [0.25, 0.3) is 0 Å². The van der Waals surface area contributed by atoms with Crippen molar-refractivity contribution in [2.45, 2.75) is 44.6 Å². The van der Waals surface area contributed by atoms with Crippen molar-refractivity contribution in [3.05, 3.63) is 29.6 Å². The maximum absolute atomic E-state index is 6.34. The van der Waals surface area contributed by atoms with Crippen LogP contribution in [0, 0.1) is 0 Å². The predicted octanol–water partition coefficient (Wildman–Crippen LogP) is 2.97. The molecular formula is C14H22N2S. The topological polar surface area (TPSA) is 38.9 Å². The molecule has 1 aliphatic rings. The number of aromatic nitrogens is 1. The molecule has 0 amide bonds. The molecule has 1 aromatic heterocycles. The fourth-order valence-electron chi connectivity index (χ4n) is 2.54. The van der Waals surface area contributed by atoms with E-state index in [-0.39, 0.29) is 6.04 Å². The molecular weight excluding hydrogens is 228 g/mol. The van der Waals surface area contributed by atoms with E-state index in [1.165, 1.54) is 42.7 Å². The maximum Gasteiger partial charge on any atom is 0.0482 e. The molecule has 0 radical (unpaired) electrons. The molecule has 2 atom stereocenters. The summed E-state index contributed by atoms with van der Waals surface area (Å²) in [7, 11) is 0. The lowest BCUT2D eigenvalue weighted by molar-refractivity contribution is 0.477. The smallest absolute Gasteiger partial charge is 0.0482 e. The Balaban J connectivity index is 2.02. The summed E-state index contributed by atoms with van der Waals surface area (Å²) in [6, 6.07) is 4.51. The fourth-order valence-corrected chi connectivity index (χ4v) is 3.50. The lowest BCUT2D eigenvalue weighted by Crippen LogP contribution is -2.33. The van der Waals surface area contributed by atoms with Crippen LogP contribution in [0.2, 0.25) is 0 Å². The number of aryl methyl sites for hydroxylation is 1. The van der Waals surface area contributed by atoms with E-state index < -0.39 is 0 Å². The second-order valence-electron chi connectivity index (χ2n) is 4.79. The molecule has 0 fully saturated rings. The Morgan fingerprint density at radius 2 is 2.47 bits per heavy atom. The second-order valence-corrected chi connectivity index (χ2v) is 5.94. The lowest BCUT2D eigenvalue weighted by atomic mass is 9.83. The van der Waals surface area contributed by atoms with E-state index in [0.29, 0.717) is 5.92 Å². The van der Waals surface area contributed by atoms with Crippen molar-refractivity contribution < 1.29 is 0 Å². The van der Waals surface area contributed by atoms with E-state index in [1.807, 2.05) is 24.0 Å². The Morgan fingerprint density at radius 3 is 3.29 bits per heavy atom. The number of rotatable bonds is 5. The normalized spacial score (nSPS) is 20.9. The molecule has 94 valence electrons. The minimum atomic E-state index is 0.264.